The highest BCUT2D eigenvalue weighted by Gasteiger charge is 2.13. The summed E-state index contributed by atoms with van der Waals surface area (Å²) >= 11 is 0. The van der Waals surface area contributed by atoms with Gasteiger partial charge in [0, 0.05) is 19.0 Å². The lowest BCUT2D eigenvalue weighted by atomic mass is 10.2. The number of nitro groups is 1. The molecule has 17 heavy (non-hydrogen) atoms. The number of aromatic nitrogens is 1. The number of unbranched alkanes of at least 4 members (excludes halogenated alkanes) is 2. The van der Waals surface area contributed by atoms with Gasteiger partial charge in [-0.15, -0.1) is 12.3 Å². The fraction of sp³-hybridized carbons (Fsp3) is 0.364. The smallest absolute Gasteiger partial charge is 0.287 e. The molecule has 6 nitrogen and oxygen atoms in total. The Morgan fingerprint density at radius 2 is 2.35 bits per heavy atom. The maximum Gasteiger partial charge on any atom is 0.287 e. The summed E-state index contributed by atoms with van der Waals surface area (Å²) in [6, 6.07) is 1.21. The summed E-state index contributed by atoms with van der Waals surface area (Å²) in [6.45, 7) is 0.507. The molecular formula is C11H13N3O3. The van der Waals surface area contributed by atoms with Gasteiger partial charge in [0.15, 0.2) is 0 Å². The average molecular weight is 235 g/mol. The number of aromatic amines is 1. The second kappa shape index (κ2) is 6.33. The number of hydrogen-bond donors (Lipinski definition) is 2. The molecule has 0 saturated heterocycles. The van der Waals surface area contributed by atoms with Crippen molar-refractivity contribution in [3.63, 3.8) is 0 Å². The second-order valence-corrected chi connectivity index (χ2v) is 3.45. The molecule has 0 bridgehead atoms. The van der Waals surface area contributed by atoms with Crippen molar-refractivity contribution >= 4 is 11.6 Å². The molecule has 1 amide bonds. The molecule has 0 aliphatic heterocycles. The molecule has 0 aliphatic rings. The molecule has 2 N–H and O–H groups in total. The largest absolute Gasteiger partial charge is 0.351 e. The van der Waals surface area contributed by atoms with E-state index >= 15 is 0 Å². The van der Waals surface area contributed by atoms with Crippen LogP contribution >= 0.6 is 0 Å². The third kappa shape index (κ3) is 3.99. The first kappa shape index (κ1) is 12.8. The Balaban J connectivity index is 2.37. The lowest BCUT2D eigenvalue weighted by Gasteiger charge is -2.01. The third-order valence-electron chi connectivity index (χ3n) is 2.16. The topological polar surface area (TPSA) is 88.0 Å². The van der Waals surface area contributed by atoms with Crippen molar-refractivity contribution in [2.75, 3.05) is 6.54 Å². The minimum atomic E-state index is -0.555. The van der Waals surface area contributed by atoms with Crippen molar-refractivity contribution in [2.45, 2.75) is 19.3 Å². The van der Waals surface area contributed by atoms with Crippen LogP contribution in [-0.2, 0) is 0 Å². The Bertz CT molecular complexity index is 445. The van der Waals surface area contributed by atoms with Gasteiger partial charge >= 0.3 is 0 Å². The highest BCUT2D eigenvalue weighted by molar-refractivity contribution is 5.93. The van der Waals surface area contributed by atoms with Crippen LogP contribution in [0.3, 0.4) is 0 Å². The molecule has 0 saturated carbocycles. The summed E-state index contributed by atoms with van der Waals surface area (Å²) in [5.74, 6) is 2.16. The first-order valence-electron chi connectivity index (χ1n) is 5.19. The van der Waals surface area contributed by atoms with E-state index in [2.05, 4.69) is 16.2 Å². The van der Waals surface area contributed by atoms with Crippen LogP contribution in [0.1, 0.15) is 29.8 Å². The van der Waals surface area contributed by atoms with E-state index in [9.17, 15) is 14.9 Å². The molecule has 0 fully saturated rings. The zero-order chi connectivity index (χ0) is 12.7. The number of amides is 1. The van der Waals surface area contributed by atoms with E-state index in [1.165, 1.54) is 12.3 Å². The van der Waals surface area contributed by atoms with E-state index in [4.69, 9.17) is 6.42 Å². The minimum absolute atomic E-state index is 0.123. The van der Waals surface area contributed by atoms with Crippen LogP contribution in [0.15, 0.2) is 12.3 Å². The molecule has 1 aromatic heterocycles. The number of nitrogens with zero attached hydrogens (tertiary/aromatic N) is 1. The molecule has 1 heterocycles. The average Bonchev–Trinajstić information content (AvgIpc) is 2.78. The summed E-state index contributed by atoms with van der Waals surface area (Å²) < 4.78 is 0. The van der Waals surface area contributed by atoms with Gasteiger partial charge in [-0.2, -0.15) is 0 Å². The monoisotopic (exact) mass is 235 g/mol. The third-order valence-corrected chi connectivity index (χ3v) is 2.16. The number of nitrogens with one attached hydrogen (secondary N) is 2. The highest BCUT2D eigenvalue weighted by Crippen LogP contribution is 2.11. The van der Waals surface area contributed by atoms with Gasteiger partial charge in [-0.05, 0) is 12.8 Å². The number of carbonyl (C=O) groups is 1. The molecule has 0 aliphatic carbocycles. The minimum Gasteiger partial charge on any atom is -0.351 e. The first-order chi connectivity index (χ1) is 8.15. The van der Waals surface area contributed by atoms with E-state index in [1.54, 1.807) is 0 Å². The molecular weight excluding hydrogens is 222 g/mol. The molecule has 0 aromatic carbocycles. The molecule has 0 radical (unpaired) electrons. The van der Waals surface area contributed by atoms with Gasteiger partial charge in [0.25, 0.3) is 11.6 Å². The number of carbonyl (C=O) groups excluding carboxylic acids is 1. The van der Waals surface area contributed by atoms with Gasteiger partial charge in [-0.1, -0.05) is 0 Å². The molecule has 1 rings (SSSR count). The summed E-state index contributed by atoms with van der Waals surface area (Å²) in [4.78, 5) is 23.9. The second-order valence-electron chi connectivity index (χ2n) is 3.45. The number of H-pyrrole nitrogens is 1. The summed E-state index contributed by atoms with van der Waals surface area (Å²) in [5, 5.41) is 13.1. The summed E-state index contributed by atoms with van der Waals surface area (Å²) in [7, 11) is 0. The van der Waals surface area contributed by atoms with Gasteiger partial charge in [0.05, 0.1) is 11.1 Å². The summed E-state index contributed by atoms with van der Waals surface area (Å²) in [5.41, 5.74) is 0.0659. The van der Waals surface area contributed by atoms with Crippen LogP contribution in [0.2, 0.25) is 0 Å². The van der Waals surface area contributed by atoms with E-state index in [0.717, 1.165) is 12.8 Å². The Labute approximate surface area is 98.6 Å². The fourth-order valence-electron chi connectivity index (χ4n) is 1.27. The van der Waals surface area contributed by atoms with E-state index in [-0.39, 0.29) is 17.3 Å². The normalized spacial score (nSPS) is 9.59. The van der Waals surface area contributed by atoms with Gasteiger partial charge < -0.3 is 10.3 Å². The van der Waals surface area contributed by atoms with Crippen molar-refractivity contribution in [3.8, 4) is 12.3 Å². The molecule has 1 aromatic rings. The van der Waals surface area contributed by atoms with Gasteiger partial charge in [0.1, 0.15) is 5.69 Å². The van der Waals surface area contributed by atoms with Gasteiger partial charge in [-0.3, -0.25) is 14.9 Å². The highest BCUT2D eigenvalue weighted by atomic mass is 16.6. The lowest BCUT2D eigenvalue weighted by molar-refractivity contribution is -0.384. The van der Waals surface area contributed by atoms with E-state index in [1.807, 2.05) is 0 Å². The van der Waals surface area contributed by atoms with Crippen LogP contribution < -0.4 is 5.32 Å². The SMILES string of the molecule is C#CCCCCNC(=O)c1cc([N+](=O)[O-])c[nH]1. The predicted molar refractivity (Wildman–Crippen MR) is 62.5 cm³/mol. The van der Waals surface area contributed by atoms with E-state index in [0.29, 0.717) is 13.0 Å². The van der Waals surface area contributed by atoms with E-state index < -0.39 is 4.92 Å². The van der Waals surface area contributed by atoms with Gasteiger partial charge in [0.2, 0.25) is 0 Å². The van der Waals surface area contributed by atoms with Crippen molar-refractivity contribution < 1.29 is 9.72 Å². The van der Waals surface area contributed by atoms with Crippen molar-refractivity contribution in [1.29, 1.82) is 0 Å². The van der Waals surface area contributed by atoms with Crippen molar-refractivity contribution in [3.05, 3.63) is 28.1 Å². The molecule has 0 atom stereocenters. The number of rotatable bonds is 6. The predicted octanol–water partition coefficient (Wildman–Crippen LogP) is 1.46. The van der Waals surface area contributed by atoms with Crippen LogP contribution in [0.5, 0.6) is 0 Å². The van der Waals surface area contributed by atoms with Crippen LogP contribution in [0.4, 0.5) is 5.69 Å². The maximum atomic E-state index is 11.5. The van der Waals surface area contributed by atoms with Crippen LogP contribution in [0, 0.1) is 22.5 Å². The Hall–Kier alpha value is -2.29. The lowest BCUT2D eigenvalue weighted by Crippen LogP contribution is -2.24. The Morgan fingerprint density at radius 3 is 2.94 bits per heavy atom. The molecule has 0 spiro atoms. The molecule has 6 heteroatoms. The first-order valence-corrected chi connectivity index (χ1v) is 5.19. The summed E-state index contributed by atoms with van der Waals surface area (Å²) in [6.07, 6.45) is 8.60. The Kier molecular flexibility index (Phi) is 4.76. The number of terminal acetylenes is 1. The Morgan fingerprint density at radius 1 is 1.59 bits per heavy atom. The van der Waals surface area contributed by atoms with Crippen molar-refractivity contribution in [1.82, 2.24) is 10.3 Å². The zero-order valence-electron chi connectivity index (χ0n) is 9.23. The number of hydrogen-bond acceptors (Lipinski definition) is 3. The zero-order valence-corrected chi connectivity index (χ0v) is 9.23. The molecule has 0 unspecified atom stereocenters. The quantitative estimate of drug-likeness (QED) is 0.338. The van der Waals surface area contributed by atoms with Gasteiger partial charge in [-0.25, -0.2) is 0 Å². The van der Waals surface area contributed by atoms with Crippen molar-refractivity contribution in [2.24, 2.45) is 0 Å². The van der Waals surface area contributed by atoms with Crippen LogP contribution in [-0.4, -0.2) is 22.4 Å². The molecule has 90 valence electrons. The van der Waals surface area contributed by atoms with Crippen LogP contribution in [0.25, 0.3) is 0 Å². The standard InChI is InChI=1S/C11H13N3O3/c1-2-3-4-5-6-12-11(15)10-7-9(8-13-10)14(16)17/h1,7-8,13H,3-6H2,(H,12,15). The fourth-order valence-corrected chi connectivity index (χ4v) is 1.27. The maximum absolute atomic E-state index is 11.5.